The number of benzene rings is 1. The Kier molecular flexibility index (Phi) is 5.30. The molecule has 2 aromatic heterocycles. The van der Waals surface area contributed by atoms with Crippen molar-refractivity contribution in [1.29, 1.82) is 0 Å². The minimum Gasteiger partial charge on any atom is -0.494 e. The smallest absolute Gasteiger partial charge is 0.200 e. The van der Waals surface area contributed by atoms with Crippen molar-refractivity contribution in [1.82, 2.24) is 19.7 Å². The van der Waals surface area contributed by atoms with E-state index in [0.717, 1.165) is 18.7 Å². The van der Waals surface area contributed by atoms with Gasteiger partial charge in [-0.15, -0.1) is 5.10 Å². The third-order valence-electron chi connectivity index (χ3n) is 5.13. The topological polar surface area (TPSA) is 99.1 Å². The molecule has 3 atom stereocenters. The van der Waals surface area contributed by atoms with Crippen LogP contribution < -0.4 is 10.5 Å². The molecule has 7 nitrogen and oxygen atoms in total. The lowest BCUT2D eigenvalue weighted by Crippen LogP contribution is -2.40. The van der Waals surface area contributed by atoms with Crippen LogP contribution in [0, 0.1) is 0 Å². The summed E-state index contributed by atoms with van der Waals surface area (Å²) in [5.41, 5.74) is 7.36. The van der Waals surface area contributed by atoms with Gasteiger partial charge in [-0.1, -0.05) is 17.7 Å². The van der Waals surface area contributed by atoms with Gasteiger partial charge in [0.2, 0.25) is 0 Å². The summed E-state index contributed by atoms with van der Waals surface area (Å²) in [6.45, 7) is 0. The zero-order valence-corrected chi connectivity index (χ0v) is 16.3. The lowest BCUT2D eigenvalue weighted by molar-refractivity contribution is 0.0961. The first-order valence-corrected chi connectivity index (χ1v) is 9.60. The number of nitrogens with two attached hydrogens (primary N) is 1. The Bertz CT molecular complexity index is 962. The Balaban J connectivity index is 1.85. The van der Waals surface area contributed by atoms with Crippen molar-refractivity contribution in [2.45, 2.75) is 37.3 Å². The molecule has 1 fully saturated rings. The summed E-state index contributed by atoms with van der Waals surface area (Å²) < 4.78 is 7.27. The highest BCUT2D eigenvalue weighted by atomic mass is 35.5. The quantitative estimate of drug-likeness (QED) is 0.699. The number of methoxy groups -OCH3 is 1. The maximum atomic E-state index is 10.3. The van der Waals surface area contributed by atoms with Crippen molar-refractivity contribution in [3.05, 3.63) is 53.4 Å². The Morgan fingerprint density at radius 1 is 1.25 bits per heavy atom. The predicted octanol–water partition coefficient (Wildman–Crippen LogP) is 2.95. The molecule has 146 valence electrons. The van der Waals surface area contributed by atoms with Crippen LogP contribution in [-0.4, -0.2) is 44.1 Å². The SMILES string of the molecule is COc1ccc(Cl)cc1-n1nc(-c2ccccn2)nc1[C@H]1CC[C@@H](N)[C@H](O)C1. The summed E-state index contributed by atoms with van der Waals surface area (Å²) in [4.78, 5) is 9.15. The zero-order valence-electron chi connectivity index (χ0n) is 15.5. The summed E-state index contributed by atoms with van der Waals surface area (Å²) >= 11 is 6.24. The van der Waals surface area contributed by atoms with Gasteiger partial charge in [0, 0.05) is 23.2 Å². The first-order valence-electron chi connectivity index (χ1n) is 9.22. The maximum Gasteiger partial charge on any atom is 0.200 e. The molecule has 3 N–H and O–H groups in total. The number of aromatic nitrogens is 4. The van der Waals surface area contributed by atoms with E-state index in [4.69, 9.17) is 32.2 Å². The lowest BCUT2D eigenvalue weighted by Gasteiger charge is -2.30. The Labute approximate surface area is 168 Å². The van der Waals surface area contributed by atoms with E-state index < -0.39 is 6.10 Å². The molecule has 1 aliphatic carbocycles. The Hall–Kier alpha value is -2.48. The van der Waals surface area contributed by atoms with Gasteiger partial charge < -0.3 is 15.6 Å². The molecule has 1 aliphatic rings. The first kappa shape index (κ1) is 18.9. The van der Waals surface area contributed by atoms with Gasteiger partial charge in [0.15, 0.2) is 5.82 Å². The molecule has 8 heteroatoms. The number of hydrogen-bond donors (Lipinski definition) is 2. The van der Waals surface area contributed by atoms with E-state index in [-0.39, 0.29) is 12.0 Å². The molecule has 0 saturated heterocycles. The van der Waals surface area contributed by atoms with Gasteiger partial charge in [-0.2, -0.15) is 0 Å². The van der Waals surface area contributed by atoms with Crippen molar-refractivity contribution in [2.75, 3.05) is 7.11 Å². The fourth-order valence-corrected chi connectivity index (χ4v) is 3.77. The summed E-state index contributed by atoms with van der Waals surface area (Å²) in [6.07, 6.45) is 3.22. The molecule has 1 saturated carbocycles. The summed E-state index contributed by atoms with van der Waals surface area (Å²) in [7, 11) is 1.60. The molecule has 3 aromatic rings. The average Bonchev–Trinajstić information content (AvgIpc) is 3.16. The van der Waals surface area contributed by atoms with Crippen molar-refractivity contribution in [3.8, 4) is 23.0 Å². The van der Waals surface area contributed by atoms with E-state index in [1.165, 1.54) is 0 Å². The summed E-state index contributed by atoms with van der Waals surface area (Å²) in [5.74, 6) is 1.91. The first-order chi connectivity index (χ1) is 13.6. The molecular formula is C20H22ClN5O2. The number of hydrogen-bond acceptors (Lipinski definition) is 6. The van der Waals surface area contributed by atoms with Crippen LogP contribution in [0.1, 0.15) is 31.0 Å². The van der Waals surface area contributed by atoms with Gasteiger partial charge in [-0.05, 0) is 49.6 Å². The van der Waals surface area contributed by atoms with Crippen LogP contribution in [0.25, 0.3) is 17.2 Å². The van der Waals surface area contributed by atoms with E-state index >= 15 is 0 Å². The van der Waals surface area contributed by atoms with Crippen molar-refractivity contribution >= 4 is 11.6 Å². The highest BCUT2D eigenvalue weighted by Crippen LogP contribution is 2.36. The molecule has 2 heterocycles. The number of nitrogens with zero attached hydrogens (tertiary/aromatic N) is 4. The molecule has 0 bridgehead atoms. The Morgan fingerprint density at radius 3 is 2.82 bits per heavy atom. The normalized spacial score (nSPS) is 22.2. The molecule has 0 radical (unpaired) electrons. The van der Waals surface area contributed by atoms with Crippen LogP contribution in [0.5, 0.6) is 5.75 Å². The highest BCUT2D eigenvalue weighted by molar-refractivity contribution is 6.30. The molecule has 4 rings (SSSR count). The molecule has 0 spiro atoms. The average molecular weight is 400 g/mol. The van der Waals surface area contributed by atoms with Gasteiger partial charge >= 0.3 is 0 Å². The summed E-state index contributed by atoms with van der Waals surface area (Å²) in [6, 6.07) is 10.8. The minimum absolute atomic E-state index is 0.0171. The predicted molar refractivity (Wildman–Crippen MR) is 107 cm³/mol. The van der Waals surface area contributed by atoms with Crippen LogP contribution in [0.15, 0.2) is 42.6 Å². The number of rotatable bonds is 4. The van der Waals surface area contributed by atoms with E-state index in [1.807, 2.05) is 18.2 Å². The van der Waals surface area contributed by atoms with Crippen LogP contribution in [0.3, 0.4) is 0 Å². The number of aliphatic hydroxyl groups is 1. The minimum atomic E-state index is -0.566. The molecule has 0 unspecified atom stereocenters. The van der Waals surface area contributed by atoms with Gasteiger partial charge in [0.25, 0.3) is 0 Å². The Morgan fingerprint density at radius 2 is 2.11 bits per heavy atom. The number of pyridine rings is 1. The second-order valence-electron chi connectivity index (χ2n) is 6.98. The van der Waals surface area contributed by atoms with Gasteiger partial charge in [0.05, 0.1) is 13.2 Å². The fourth-order valence-electron chi connectivity index (χ4n) is 3.60. The molecule has 0 amide bonds. The maximum absolute atomic E-state index is 10.3. The molecule has 28 heavy (non-hydrogen) atoms. The van der Waals surface area contributed by atoms with Crippen LogP contribution in [-0.2, 0) is 0 Å². The number of aliphatic hydroxyl groups excluding tert-OH is 1. The molecule has 1 aromatic carbocycles. The van der Waals surface area contributed by atoms with Crippen molar-refractivity contribution in [2.24, 2.45) is 5.73 Å². The largest absolute Gasteiger partial charge is 0.494 e. The van der Waals surface area contributed by atoms with E-state index in [0.29, 0.717) is 34.4 Å². The summed E-state index contributed by atoms with van der Waals surface area (Å²) in [5, 5.41) is 15.6. The van der Waals surface area contributed by atoms with Gasteiger partial charge in [-0.25, -0.2) is 9.67 Å². The number of halogens is 1. The molecule has 0 aliphatic heterocycles. The highest BCUT2D eigenvalue weighted by Gasteiger charge is 2.32. The lowest BCUT2D eigenvalue weighted by atomic mass is 9.84. The number of ether oxygens (including phenoxy) is 1. The van der Waals surface area contributed by atoms with Gasteiger partial charge in [-0.3, -0.25) is 4.98 Å². The van der Waals surface area contributed by atoms with Gasteiger partial charge in [0.1, 0.15) is 23.0 Å². The van der Waals surface area contributed by atoms with Crippen molar-refractivity contribution < 1.29 is 9.84 Å². The van der Waals surface area contributed by atoms with Crippen LogP contribution in [0.4, 0.5) is 0 Å². The molecular weight excluding hydrogens is 378 g/mol. The third-order valence-corrected chi connectivity index (χ3v) is 5.36. The second kappa shape index (κ2) is 7.87. The van der Waals surface area contributed by atoms with Crippen molar-refractivity contribution in [3.63, 3.8) is 0 Å². The van der Waals surface area contributed by atoms with Crippen LogP contribution in [0.2, 0.25) is 5.02 Å². The zero-order chi connectivity index (χ0) is 19.7. The van der Waals surface area contributed by atoms with Crippen LogP contribution >= 0.6 is 11.6 Å². The van der Waals surface area contributed by atoms with E-state index in [9.17, 15) is 5.11 Å². The monoisotopic (exact) mass is 399 g/mol. The van der Waals surface area contributed by atoms with E-state index in [2.05, 4.69) is 4.98 Å². The standard InChI is InChI=1S/C20H22ClN5O2/c1-28-18-8-6-13(21)11-16(18)26-20(12-5-7-14(22)17(27)10-12)24-19(25-26)15-4-2-3-9-23-15/h2-4,6,8-9,11-12,14,17,27H,5,7,10,22H2,1H3/t12-,14+,17+/m0/s1. The van der Waals surface area contributed by atoms with E-state index in [1.54, 1.807) is 36.2 Å². The second-order valence-corrected chi connectivity index (χ2v) is 7.41. The fraction of sp³-hybridized carbons (Fsp3) is 0.350. The third kappa shape index (κ3) is 3.61.